The molecule has 124 valence electrons. The Labute approximate surface area is 143 Å². The summed E-state index contributed by atoms with van der Waals surface area (Å²) in [7, 11) is 1.55. The van der Waals surface area contributed by atoms with Gasteiger partial charge in [0.1, 0.15) is 17.0 Å². The van der Waals surface area contributed by atoms with Crippen molar-refractivity contribution in [1.82, 2.24) is 4.98 Å². The van der Waals surface area contributed by atoms with Gasteiger partial charge in [0.2, 0.25) is 0 Å². The molecule has 4 aromatic rings. The van der Waals surface area contributed by atoms with Crippen LogP contribution in [0.25, 0.3) is 33.3 Å². The van der Waals surface area contributed by atoms with E-state index in [-0.39, 0.29) is 5.56 Å². The number of pyridine rings is 1. The van der Waals surface area contributed by atoms with Crippen molar-refractivity contribution in [2.75, 3.05) is 7.11 Å². The highest BCUT2D eigenvalue weighted by Crippen LogP contribution is 2.32. The van der Waals surface area contributed by atoms with Crippen molar-refractivity contribution < 1.29 is 19.1 Å². The zero-order valence-corrected chi connectivity index (χ0v) is 13.7. The minimum Gasteiger partial charge on any atom is -0.497 e. The van der Waals surface area contributed by atoms with Crippen LogP contribution in [0.5, 0.6) is 5.75 Å². The number of carboxylic acid groups (broad SMARTS) is 1. The minimum atomic E-state index is -1.02. The summed E-state index contributed by atoms with van der Waals surface area (Å²) in [5.74, 6) is 0.129. The highest BCUT2D eigenvalue weighted by molar-refractivity contribution is 6.05. The number of ether oxygens (including phenoxy) is 1. The molecule has 0 radical (unpaired) electrons. The number of methoxy groups -OCH3 is 1. The molecule has 0 amide bonds. The summed E-state index contributed by atoms with van der Waals surface area (Å²) in [6, 6.07) is 14.6. The first kappa shape index (κ1) is 15.2. The molecule has 2 aromatic heterocycles. The topological polar surface area (TPSA) is 72.6 Å². The Morgan fingerprint density at radius 1 is 1.16 bits per heavy atom. The van der Waals surface area contributed by atoms with Crippen molar-refractivity contribution >= 4 is 27.8 Å². The van der Waals surface area contributed by atoms with Crippen molar-refractivity contribution in [3.8, 4) is 17.2 Å². The average molecular weight is 333 g/mol. The van der Waals surface area contributed by atoms with E-state index in [4.69, 9.17) is 9.15 Å². The van der Waals surface area contributed by atoms with Gasteiger partial charge >= 0.3 is 5.97 Å². The molecular weight excluding hydrogens is 318 g/mol. The number of benzene rings is 2. The lowest BCUT2D eigenvalue weighted by Crippen LogP contribution is -2.01. The molecule has 4 rings (SSSR count). The summed E-state index contributed by atoms with van der Waals surface area (Å²) >= 11 is 0. The van der Waals surface area contributed by atoms with Gasteiger partial charge in [0.15, 0.2) is 5.76 Å². The Morgan fingerprint density at radius 3 is 2.68 bits per heavy atom. The second-order valence-electron chi connectivity index (χ2n) is 5.85. The first-order valence-electron chi connectivity index (χ1n) is 7.78. The molecule has 0 atom stereocenters. The third kappa shape index (κ3) is 2.50. The molecule has 0 saturated carbocycles. The normalized spacial score (nSPS) is 11.1. The Balaban J connectivity index is 2.02. The van der Waals surface area contributed by atoms with E-state index in [1.165, 1.54) is 0 Å². The van der Waals surface area contributed by atoms with Crippen molar-refractivity contribution in [3.63, 3.8) is 0 Å². The van der Waals surface area contributed by atoms with Gasteiger partial charge in [-0.25, -0.2) is 9.78 Å². The molecule has 0 spiro atoms. The van der Waals surface area contributed by atoms with Crippen LogP contribution in [0.4, 0.5) is 0 Å². The average Bonchev–Trinajstić information content (AvgIpc) is 3.04. The number of para-hydroxylation sites is 1. The van der Waals surface area contributed by atoms with Crippen LogP contribution in [0.15, 0.2) is 52.9 Å². The summed E-state index contributed by atoms with van der Waals surface area (Å²) in [5.41, 5.74) is 2.87. The lowest BCUT2D eigenvalue weighted by molar-refractivity contribution is 0.0699. The summed E-state index contributed by atoms with van der Waals surface area (Å²) in [5, 5.41) is 11.1. The number of carboxylic acids is 1. The van der Waals surface area contributed by atoms with Gasteiger partial charge in [-0.1, -0.05) is 18.2 Å². The molecular formula is C20H15NO4. The molecule has 25 heavy (non-hydrogen) atoms. The van der Waals surface area contributed by atoms with Crippen LogP contribution in [0.2, 0.25) is 0 Å². The maximum atomic E-state index is 11.8. The molecule has 5 heteroatoms. The fourth-order valence-corrected chi connectivity index (χ4v) is 3.00. The fraction of sp³-hybridized carbons (Fsp3) is 0.100. The van der Waals surface area contributed by atoms with Crippen molar-refractivity contribution in [2.24, 2.45) is 0 Å². The van der Waals surface area contributed by atoms with Gasteiger partial charge in [-0.05, 0) is 42.8 Å². The van der Waals surface area contributed by atoms with Crippen LogP contribution in [0.3, 0.4) is 0 Å². The highest BCUT2D eigenvalue weighted by Gasteiger charge is 2.17. The zero-order valence-electron chi connectivity index (χ0n) is 13.7. The summed E-state index contributed by atoms with van der Waals surface area (Å²) in [6.07, 6.45) is 0. The van der Waals surface area contributed by atoms with Gasteiger partial charge in [0.25, 0.3) is 0 Å². The number of fused-ring (bicyclic) bond motifs is 2. The van der Waals surface area contributed by atoms with Gasteiger partial charge in [-0.15, -0.1) is 0 Å². The van der Waals surface area contributed by atoms with E-state index in [1.54, 1.807) is 19.2 Å². The smallest absolute Gasteiger partial charge is 0.336 e. The van der Waals surface area contributed by atoms with E-state index < -0.39 is 5.97 Å². The van der Waals surface area contributed by atoms with Gasteiger partial charge in [-0.2, -0.15) is 0 Å². The molecule has 0 fully saturated rings. The lowest BCUT2D eigenvalue weighted by Gasteiger charge is -2.10. The van der Waals surface area contributed by atoms with Crippen LogP contribution in [0, 0.1) is 6.92 Å². The third-order valence-corrected chi connectivity index (χ3v) is 4.22. The molecule has 5 nitrogen and oxygen atoms in total. The maximum Gasteiger partial charge on any atom is 0.336 e. The van der Waals surface area contributed by atoms with E-state index in [9.17, 15) is 9.90 Å². The number of nitrogens with zero attached hydrogens (tertiary/aromatic N) is 1. The number of aromatic carboxylic acids is 1. The van der Waals surface area contributed by atoms with E-state index in [2.05, 4.69) is 4.98 Å². The van der Waals surface area contributed by atoms with E-state index in [1.807, 2.05) is 43.3 Å². The second-order valence-corrected chi connectivity index (χ2v) is 5.85. The molecule has 0 aliphatic heterocycles. The van der Waals surface area contributed by atoms with Crippen LogP contribution in [-0.2, 0) is 0 Å². The standard InChI is InChI=1S/C20H15NO4/c1-11-7-13(24-2)9-14-15(20(22)23)10-16(21-19(11)14)18-8-12-5-3-4-6-17(12)25-18/h3-10H,1-2H3,(H,22,23). The Hall–Kier alpha value is -3.34. The first-order valence-corrected chi connectivity index (χ1v) is 7.78. The Morgan fingerprint density at radius 2 is 1.96 bits per heavy atom. The number of rotatable bonds is 3. The first-order chi connectivity index (χ1) is 12.1. The Kier molecular flexibility index (Phi) is 3.42. The predicted molar refractivity (Wildman–Crippen MR) is 95.2 cm³/mol. The number of aryl methyl sites for hydroxylation is 1. The predicted octanol–water partition coefficient (Wildman–Crippen LogP) is 4.66. The number of aromatic nitrogens is 1. The number of furan rings is 1. The third-order valence-electron chi connectivity index (χ3n) is 4.22. The molecule has 0 unspecified atom stereocenters. The molecule has 0 saturated heterocycles. The molecule has 2 heterocycles. The molecule has 0 aliphatic carbocycles. The lowest BCUT2D eigenvalue weighted by atomic mass is 10.0. The largest absolute Gasteiger partial charge is 0.497 e. The SMILES string of the molecule is COc1cc(C)c2nc(-c3cc4ccccc4o3)cc(C(=O)O)c2c1. The van der Waals surface area contributed by atoms with E-state index >= 15 is 0 Å². The zero-order chi connectivity index (χ0) is 17.6. The molecule has 0 bridgehead atoms. The number of carbonyl (C=O) groups is 1. The van der Waals surface area contributed by atoms with Gasteiger partial charge in [0, 0.05) is 10.8 Å². The van der Waals surface area contributed by atoms with E-state index in [0.717, 1.165) is 16.5 Å². The number of hydrogen-bond acceptors (Lipinski definition) is 4. The van der Waals surface area contributed by atoms with E-state index in [0.29, 0.717) is 28.1 Å². The molecule has 1 N–H and O–H groups in total. The number of hydrogen-bond donors (Lipinski definition) is 1. The summed E-state index contributed by atoms with van der Waals surface area (Å²) in [6.45, 7) is 1.88. The quantitative estimate of drug-likeness (QED) is 0.590. The van der Waals surface area contributed by atoms with Crippen LogP contribution < -0.4 is 4.74 Å². The monoisotopic (exact) mass is 333 g/mol. The van der Waals surface area contributed by atoms with Gasteiger partial charge < -0.3 is 14.3 Å². The van der Waals surface area contributed by atoms with Gasteiger partial charge in [-0.3, -0.25) is 0 Å². The van der Waals surface area contributed by atoms with Crippen molar-refractivity contribution in [2.45, 2.75) is 6.92 Å². The van der Waals surface area contributed by atoms with Crippen molar-refractivity contribution in [1.29, 1.82) is 0 Å². The van der Waals surface area contributed by atoms with Crippen molar-refractivity contribution in [3.05, 3.63) is 59.7 Å². The molecule has 0 aliphatic rings. The maximum absolute atomic E-state index is 11.8. The summed E-state index contributed by atoms with van der Waals surface area (Å²) < 4.78 is 11.1. The van der Waals surface area contributed by atoms with Crippen LogP contribution in [-0.4, -0.2) is 23.2 Å². The second kappa shape index (κ2) is 5.63. The van der Waals surface area contributed by atoms with Crippen LogP contribution >= 0.6 is 0 Å². The molecule has 2 aromatic carbocycles. The van der Waals surface area contributed by atoms with Crippen LogP contribution in [0.1, 0.15) is 15.9 Å². The van der Waals surface area contributed by atoms with Gasteiger partial charge in [0.05, 0.1) is 18.2 Å². The Bertz CT molecular complexity index is 1090. The highest BCUT2D eigenvalue weighted by atomic mass is 16.5. The minimum absolute atomic E-state index is 0.169. The fourth-order valence-electron chi connectivity index (χ4n) is 3.00. The summed E-state index contributed by atoms with van der Waals surface area (Å²) in [4.78, 5) is 16.4.